The van der Waals surface area contributed by atoms with Crippen LogP contribution < -0.4 is 4.74 Å². The molecule has 3 nitrogen and oxygen atoms in total. The van der Waals surface area contributed by atoms with Gasteiger partial charge >= 0.3 is 0 Å². The van der Waals surface area contributed by atoms with Crippen molar-refractivity contribution in [1.82, 2.24) is 0 Å². The van der Waals surface area contributed by atoms with E-state index in [4.69, 9.17) is 9.15 Å². The fourth-order valence-corrected chi connectivity index (χ4v) is 2.03. The Morgan fingerprint density at radius 1 is 0.857 bits per heavy atom. The average Bonchev–Trinajstić information content (AvgIpc) is 2.97. The third-order valence-electron chi connectivity index (χ3n) is 3.18. The van der Waals surface area contributed by atoms with Gasteiger partial charge in [-0.25, -0.2) is 0 Å². The molecule has 0 atom stereocenters. The Bertz CT molecular complexity index is 737. The smallest absolute Gasteiger partial charge is 0.290 e. The summed E-state index contributed by atoms with van der Waals surface area (Å²) in [6.45, 7) is 2.07. The van der Waals surface area contributed by atoms with Crippen molar-refractivity contribution in [2.24, 2.45) is 0 Å². The Morgan fingerprint density at radius 2 is 1.48 bits per heavy atom. The number of ether oxygens (including phenoxy) is 1. The lowest BCUT2D eigenvalue weighted by atomic mass is 10.0. The Balaban J connectivity index is 1.77. The van der Waals surface area contributed by atoms with Crippen LogP contribution in [0.4, 0.5) is 0 Å². The second-order valence-corrected chi connectivity index (χ2v) is 4.77. The Morgan fingerprint density at radius 3 is 2.05 bits per heavy atom. The van der Waals surface area contributed by atoms with E-state index in [1.54, 1.807) is 12.1 Å². The summed E-state index contributed by atoms with van der Waals surface area (Å²) < 4.78 is 10.7. The molecule has 1 heterocycles. The van der Waals surface area contributed by atoms with Gasteiger partial charge in [-0.15, -0.1) is 0 Å². The zero-order chi connectivity index (χ0) is 14.7. The number of carbonyl (C=O) groups is 1. The lowest BCUT2D eigenvalue weighted by Crippen LogP contribution is -1.83. The van der Waals surface area contributed by atoms with Crippen molar-refractivity contribution in [1.29, 1.82) is 0 Å². The summed E-state index contributed by atoms with van der Waals surface area (Å²) in [6, 6.07) is 19.3. The molecule has 0 radical (unpaired) electrons. The number of rotatable bonds is 4. The van der Waals surface area contributed by atoms with Gasteiger partial charge in [0, 0.05) is 6.07 Å². The predicted octanol–water partition coefficient (Wildman–Crippen LogP) is 4.86. The van der Waals surface area contributed by atoms with Gasteiger partial charge in [0.05, 0.1) is 0 Å². The first-order valence-electron chi connectivity index (χ1n) is 6.64. The van der Waals surface area contributed by atoms with Crippen molar-refractivity contribution in [2.45, 2.75) is 6.92 Å². The molecule has 0 aliphatic heterocycles. The number of carbonyl (C=O) groups excluding carboxylic acids is 1. The van der Waals surface area contributed by atoms with Crippen molar-refractivity contribution in [3.8, 4) is 22.8 Å². The highest BCUT2D eigenvalue weighted by Gasteiger charge is 2.04. The molecular formula is C18H14O3. The van der Waals surface area contributed by atoms with Gasteiger partial charge in [-0.1, -0.05) is 42.0 Å². The molecule has 104 valence electrons. The minimum atomic E-state index is 0.251. The van der Waals surface area contributed by atoms with Crippen LogP contribution in [0.15, 0.2) is 65.1 Å². The first-order chi connectivity index (χ1) is 10.2. The molecule has 3 heteroatoms. The fraction of sp³-hybridized carbons (Fsp3) is 0.0556. The van der Waals surface area contributed by atoms with E-state index in [9.17, 15) is 4.79 Å². The minimum Gasteiger partial charge on any atom is -0.426 e. The molecule has 0 unspecified atom stereocenters. The van der Waals surface area contributed by atoms with E-state index < -0.39 is 0 Å². The molecular weight excluding hydrogens is 264 g/mol. The Labute approximate surface area is 122 Å². The molecule has 0 aliphatic carbocycles. The van der Waals surface area contributed by atoms with Crippen molar-refractivity contribution in [3.63, 3.8) is 0 Å². The van der Waals surface area contributed by atoms with Crippen molar-refractivity contribution in [3.05, 3.63) is 72.0 Å². The molecule has 0 bridgehead atoms. The van der Waals surface area contributed by atoms with Gasteiger partial charge in [-0.05, 0) is 36.2 Å². The van der Waals surface area contributed by atoms with Crippen LogP contribution in [0.3, 0.4) is 0 Å². The van der Waals surface area contributed by atoms with Crippen LogP contribution in [0.5, 0.6) is 11.7 Å². The first-order valence-corrected chi connectivity index (χ1v) is 6.64. The lowest BCUT2D eigenvalue weighted by molar-refractivity contribution is 0.109. The van der Waals surface area contributed by atoms with E-state index in [2.05, 4.69) is 31.2 Å². The van der Waals surface area contributed by atoms with Crippen LogP contribution in [0.25, 0.3) is 11.1 Å². The van der Waals surface area contributed by atoms with E-state index in [-0.39, 0.29) is 5.76 Å². The topological polar surface area (TPSA) is 39.4 Å². The van der Waals surface area contributed by atoms with Crippen LogP contribution in [-0.2, 0) is 0 Å². The summed E-state index contributed by atoms with van der Waals surface area (Å²) >= 11 is 0. The summed E-state index contributed by atoms with van der Waals surface area (Å²) in [6.07, 6.45) is 0.646. The normalized spacial score (nSPS) is 10.3. The largest absolute Gasteiger partial charge is 0.426 e. The monoisotopic (exact) mass is 278 g/mol. The Hall–Kier alpha value is -2.81. The van der Waals surface area contributed by atoms with Gasteiger partial charge in [0.2, 0.25) is 0 Å². The highest BCUT2D eigenvalue weighted by molar-refractivity contribution is 5.70. The van der Waals surface area contributed by atoms with E-state index in [1.807, 2.05) is 24.3 Å². The van der Waals surface area contributed by atoms with Gasteiger partial charge in [0.25, 0.3) is 5.95 Å². The summed E-state index contributed by atoms with van der Waals surface area (Å²) in [4.78, 5) is 10.5. The maximum Gasteiger partial charge on any atom is 0.290 e. The predicted molar refractivity (Wildman–Crippen MR) is 80.8 cm³/mol. The SMILES string of the molecule is Cc1ccc(-c2ccc(Oc3ccc(C=O)o3)cc2)cc1. The first kappa shape index (κ1) is 13.2. The molecule has 21 heavy (non-hydrogen) atoms. The van der Waals surface area contributed by atoms with Crippen LogP contribution >= 0.6 is 0 Å². The number of hydrogen-bond donors (Lipinski definition) is 0. The second-order valence-electron chi connectivity index (χ2n) is 4.77. The molecule has 0 fully saturated rings. The molecule has 1 aromatic heterocycles. The number of benzene rings is 2. The van der Waals surface area contributed by atoms with Crippen molar-refractivity contribution < 1.29 is 13.9 Å². The van der Waals surface area contributed by atoms with Crippen molar-refractivity contribution >= 4 is 6.29 Å². The number of aryl methyl sites for hydroxylation is 1. The van der Waals surface area contributed by atoms with Gasteiger partial charge < -0.3 is 9.15 Å². The maximum atomic E-state index is 10.5. The quantitative estimate of drug-likeness (QED) is 0.640. The van der Waals surface area contributed by atoms with Crippen molar-refractivity contribution in [2.75, 3.05) is 0 Å². The number of aldehydes is 1. The second kappa shape index (κ2) is 5.67. The average molecular weight is 278 g/mol. The van der Waals surface area contributed by atoms with Crippen LogP contribution in [-0.4, -0.2) is 6.29 Å². The van der Waals surface area contributed by atoms with Crippen LogP contribution in [0.2, 0.25) is 0 Å². The summed E-state index contributed by atoms with van der Waals surface area (Å²) in [5.74, 6) is 1.22. The summed E-state index contributed by atoms with van der Waals surface area (Å²) in [5.41, 5.74) is 3.52. The molecule has 0 saturated carbocycles. The van der Waals surface area contributed by atoms with Gasteiger partial charge in [0.15, 0.2) is 12.0 Å². The molecule has 0 saturated heterocycles. The molecule has 0 amide bonds. The molecule has 3 rings (SSSR count). The van der Waals surface area contributed by atoms with Crippen LogP contribution in [0.1, 0.15) is 16.1 Å². The molecule has 3 aromatic rings. The van der Waals surface area contributed by atoms with Gasteiger partial charge in [-0.2, -0.15) is 0 Å². The zero-order valence-electron chi connectivity index (χ0n) is 11.6. The third-order valence-corrected chi connectivity index (χ3v) is 3.18. The minimum absolute atomic E-state index is 0.251. The molecule has 0 N–H and O–H groups in total. The van der Waals surface area contributed by atoms with E-state index >= 15 is 0 Å². The van der Waals surface area contributed by atoms with E-state index in [1.165, 1.54) is 5.56 Å². The number of furan rings is 1. The number of hydrogen-bond acceptors (Lipinski definition) is 3. The molecule has 0 spiro atoms. The maximum absolute atomic E-state index is 10.5. The van der Waals surface area contributed by atoms with E-state index in [0.717, 1.165) is 11.1 Å². The fourth-order valence-electron chi connectivity index (χ4n) is 2.03. The van der Waals surface area contributed by atoms with Gasteiger partial charge in [0.1, 0.15) is 5.75 Å². The molecule has 2 aromatic carbocycles. The van der Waals surface area contributed by atoms with Crippen LogP contribution in [0, 0.1) is 6.92 Å². The highest BCUT2D eigenvalue weighted by atomic mass is 16.6. The Kier molecular flexibility index (Phi) is 3.56. The van der Waals surface area contributed by atoms with Gasteiger partial charge in [-0.3, -0.25) is 4.79 Å². The van der Waals surface area contributed by atoms with E-state index in [0.29, 0.717) is 18.0 Å². The summed E-state index contributed by atoms with van der Waals surface area (Å²) in [5, 5.41) is 0. The lowest BCUT2D eigenvalue weighted by Gasteiger charge is -2.05. The third kappa shape index (κ3) is 3.03. The molecule has 0 aliphatic rings. The zero-order valence-corrected chi connectivity index (χ0v) is 11.6. The summed E-state index contributed by atoms with van der Waals surface area (Å²) in [7, 11) is 0. The standard InChI is InChI=1S/C18H14O3/c1-13-2-4-14(5-3-13)15-6-8-16(9-7-15)20-18-11-10-17(12-19)21-18/h2-12H,1H3. The highest BCUT2D eigenvalue weighted by Crippen LogP contribution is 2.26.